The molecule has 1 aromatic rings. The molecule has 1 atom stereocenters. The number of nitrogens with one attached hydrogen (secondary N) is 1. The van der Waals surface area contributed by atoms with Gasteiger partial charge in [-0.2, -0.15) is 0 Å². The summed E-state index contributed by atoms with van der Waals surface area (Å²) in [5.74, 6) is 0.878. The molecule has 20 heavy (non-hydrogen) atoms. The van der Waals surface area contributed by atoms with Gasteiger partial charge in [-0.15, -0.1) is 0 Å². The molecule has 1 heterocycles. The molecule has 1 unspecified atom stereocenters. The quantitative estimate of drug-likeness (QED) is 0.292. The average molecular weight is 280 g/mol. The second kappa shape index (κ2) is 8.37. The fraction of sp³-hybridized carbons (Fsp3) is 0.571. The molecule has 4 N–H and O–H groups in total. The lowest BCUT2D eigenvalue weighted by molar-refractivity contribution is 0.229. The Morgan fingerprint density at radius 2 is 2.30 bits per heavy atom. The van der Waals surface area contributed by atoms with Gasteiger partial charge in [0.05, 0.1) is 6.10 Å². The highest BCUT2D eigenvalue weighted by Crippen LogP contribution is 2.16. The number of hydrogen-bond donors (Lipinski definition) is 3. The second-order valence-corrected chi connectivity index (χ2v) is 4.92. The van der Waals surface area contributed by atoms with Gasteiger partial charge in [-0.25, -0.2) is 4.98 Å². The zero-order valence-corrected chi connectivity index (χ0v) is 12.3. The van der Waals surface area contributed by atoms with Crippen molar-refractivity contribution in [3.05, 3.63) is 23.9 Å². The number of pyridine rings is 1. The number of aromatic nitrogens is 1. The first-order valence-electron chi connectivity index (χ1n) is 6.87. The predicted molar refractivity (Wildman–Crippen MR) is 78.9 cm³/mol. The minimum atomic E-state index is 0.0859. The van der Waals surface area contributed by atoms with E-state index in [4.69, 9.17) is 15.7 Å². The van der Waals surface area contributed by atoms with Crippen LogP contribution in [-0.2, 0) is 6.54 Å². The monoisotopic (exact) mass is 280 g/mol. The molecule has 1 aromatic heterocycles. The molecule has 0 saturated carbocycles. The Hall–Kier alpha value is -1.82. The second-order valence-electron chi connectivity index (χ2n) is 4.92. The van der Waals surface area contributed by atoms with Crippen LogP contribution >= 0.6 is 0 Å². The predicted octanol–water partition coefficient (Wildman–Crippen LogP) is 1.87. The van der Waals surface area contributed by atoms with E-state index in [9.17, 15) is 0 Å². The Kier molecular flexibility index (Phi) is 6.79. The average Bonchev–Trinajstić information content (AvgIpc) is 2.43. The molecule has 0 amide bonds. The molecule has 112 valence electrons. The highest BCUT2D eigenvalue weighted by molar-refractivity contribution is 5.80. The van der Waals surface area contributed by atoms with E-state index in [-0.39, 0.29) is 18.0 Å². The summed E-state index contributed by atoms with van der Waals surface area (Å²) in [6.45, 7) is 6.63. The van der Waals surface area contributed by atoms with E-state index in [1.54, 1.807) is 6.20 Å². The summed E-state index contributed by atoms with van der Waals surface area (Å²) in [5.41, 5.74) is 6.54. The van der Waals surface area contributed by atoms with Gasteiger partial charge in [-0.3, -0.25) is 0 Å². The van der Waals surface area contributed by atoms with Crippen LogP contribution in [0.25, 0.3) is 0 Å². The summed E-state index contributed by atoms with van der Waals surface area (Å²) in [6, 6.07) is 4.01. The lowest BCUT2D eigenvalue weighted by atomic mass is 10.1. The minimum absolute atomic E-state index is 0.0859. The highest BCUT2D eigenvalue weighted by atomic mass is 16.5. The summed E-state index contributed by atoms with van der Waals surface area (Å²) in [4.78, 5) is 4.25. The number of amidine groups is 1. The largest absolute Gasteiger partial charge is 0.475 e. The highest BCUT2D eigenvalue weighted by Gasteiger charge is 2.11. The molecule has 0 spiro atoms. The van der Waals surface area contributed by atoms with Crippen molar-refractivity contribution in [2.45, 2.75) is 52.3 Å². The van der Waals surface area contributed by atoms with Crippen LogP contribution in [0.15, 0.2) is 23.5 Å². The number of rotatable bonds is 8. The van der Waals surface area contributed by atoms with Crippen molar-refractivity contribution in [3.63, 3.8) is 0 Å². The summed E-state index contributed by atoms with van der Waals surface area (Å²) >= 11 is 0. The molecule has 0 aliphatic carbocycles. The van der Waals surface area contributed by atoms with Gasteiger partial charge in [0.2, 0.25) is 5.88 Å². The molecule has 0 saturated heterocycles. The smallest absolute Gasteiger partial charge is 0.218 e. The van der Waals surface area contributed by atoms with Gasteiger partial charge in [0.25, 0.3) is 0 Å². The first-order valence-corrected chi connectivity index (χ1v) is 6.87. The molecule has 0 fully saturated rings. The Bertz CT molecular complexity index is 435. The van der Waals surface area contributed by atoms with Crippen LogP contribution in [0.4, 0.5) is 0 Å². The molecular formula is C14H24N4O2. The number of nitrogens with two attached hydrogens (primary N) is 1. The van der Waals surface area contributed by atoms with Gasteiger partial charge in [0.15, 0.2) is 0 Å². The van der Waals surface area contributed by atoms with Crippen molar-refractivity contribution >= 4 is 5.84 Å². The molecule has 6 heteroatoms. The Morgan fingerprint density at radius 1 is 1.55 bits per heavy atom. The molecular weight excluding hydrogens is 256 g/mol. The summed E-state index contributed by atoms with van der Waals surface area (Å²) < 4.78 is 5.67. The zero-order chi connectivity index (χ0) is 15.0. The maximum absolute atomic E-state index is 8.61. The van der Waals surface area contributed by atoms with Crippen molar-refractivity contribution in [2.24, 2.45) is 10.9 Å². The lowest BCUT2D eigenvalue weighted by Crippen LogP contribution is -2.33. The van der Waals surface area contributed by atoms with Crippen LogP contribution in [-0.4, -0.2) is 28.2 Å². The van der Waals surface area contributed by atoms with Crippen LogP contribution in [0.3, 0.4) is 0 Å². The Morgan fingerprint density at radius 3 is 2.90 bits per heavy atom. The summed E-state index contributed by atoms with van der Waals surface area (Å²) in [5, 5.41) is 15.0. The van der Waals surface area contributed by atoms with Gasteiger partial charge in [0.1, 0.15) is 5.84 Å². The summed E-state index contributed by atoms with van der Waals surface area (Å²) in [6.07, 6.45) is 3.20. The molecule has 0 radical (unpaired) electrons. The topological polar surface area (TPSA) is 92.8 Å². The van der Waals surface area contributed by atoms with E-state index in [0.717, 1.165) is 12.0 Å². The zero-order valence-electron chi connectivity index (χ0n) is 12.3. The first-order chi connectivity index (χ1) is 9.56. The first kappa shape index (κ1) is 16.2. The van der Waals surface area contributed by atoms with Gasteiger partial charge in [0, 0.05) is 30.8 Å². The van der Waals surface area contributed by atoms with Crippen LogP contribution in [0.1, 0.15) is 39.2 Å². The fourth-order valence-corrected chi connectivity index (χ4v) is 1.80. The van der Waals surface area contributed by atoms with E-state index in [2.05, 4.69) is 22.4 Å². The van der Waals surface area contributed by atoms with Crippen molar-refractivity contribution in [1.29, 1.82) is 0 Å². The molecule has 0 bridgehead atoms. The Balaban J connectivity index is 2.63. The normalized spacial score (nSPS) is 13.5. The minimum Gasteiger partial charge on any atom is -0.475 e. The van der Waals surface area contributed by atoms with Crippen molar-refractivity contribution in [2.75, 3.05) is 0 Å². The van der Waals surface area contributed by atoms with E-state index < -0.39 is 0 Å². The standard InChI is InChI=1S/C14H24N4O2/c1-4-12(8-13(15)18-19)17-9-11-6-5-7-16-14(11)20-10(2)3/h5-7,10,12,17,19H,4,8-9H2,1-3H3,(H2,15,18). The van der Waals surface area contributed by atoms with Gasteiger partial charge in [-0.1, -0.05) is 18.1 Å². The molecule has 1 rings (SSSR count). The molecule has 6 nitrogen and oxygen atoms in total. The molecule has 0 aliphatic rings. The van der Waals surface area contributed by atoms with Crippen LogP contribution in [0.2, 0.25) is 0 Å². The van der Waals surface area contributed by atoms with Gasteiger partial charge >= 0.3 is 0 Å². The SMILES string of the molecule is CCC(CC(N)=NO)NCc1cccnc1OC(C)C. The molecule has 0 aliphatic heterocycles. The lowest BCUT2D eigenvalue weighted by Gasteiger charge is -2.18. The number of ether oxygens (including phenoxy) is 1. The molecule has 0 aromatic carbocycles. The number of nitrogens with zero attached hydrogens (tertiary/aromatic N) is 2. The maximum Gasteiger partial charge on any atom is 0.218 e. The van der Waals surface area contributed by atoms with Gasteiger partial charge in [-0.05, 0) is 26.3 Å². The third-order valence-electron chi connectivity index (χ3n) is 2.86. The third kappa shape index (κ3) is 5.44. The Labute approximate surface area is 120 Å². The van der Waals surface area contributed by atoms with Gasteiger partial charge < -0.3 is 21.0 Å². The van der Waals surface area contributed by atoms with Crippen molar-refractivity contribution in [1.82, 2.24) is 10.3 Å². The van der Waals surface area contributed by atoms with E-state index in [1.807, 2.05) is 26.0 Å². The van der Waals surface area contributed by atoms with E-state index in [0.29, 0.717) is 18.8 Å². The van der Waals surface area contributed by atoms with Crippen LogP contribution in [0.5, 0.6) is 5.88 Å². The van der Waals surface area contributed by atoms with E-state index in [1.165, 1.54) is 0 Å². The third-order valence-corrected chi connectivity index (χ3v) is 2.86. The summed E-state index contributed by atoms with van der Waals surface area (Å²) in [7, 11) is 0. The van der Waals surface area contributed by atoms with Crippen molar-refractivity contribution < 1.29 is 9.94 Å². The van der Waals surface area contributed by atoms with Crippen LogP contribution in [0, 0.1) is 0 Å². The number of hydrogen-bond acceptors (Lipinski definition) is 5. The maximum atomic E-state index is 8.61. The van der Waals surface area contributed by atoms with E-state index >= 15 is 0 Å². The fourth-order valence-electron chi connectivity index (χ4n) is 1.80. The number of oxime groups is 1. The van der Waals surface area contributed by atoms with Crippen molar-refractivity contribution in [3.8, 4) is 5.88 Å². The van der Waals surface area contributed by atoms with Crippen LogP contribution < -0.4 is 15.8 Å².